The number of sulfonamides is 1. The van der Waals surface area contributed by atoms with Gasteiger partial charge in [-0.25, -0.2) is 18.1 Å². The van der Waals surface area contributed by atoms with Crippen LogP contribution >= 0.6 is 23.1 Å². The van der Waals surface area contributed by atoms with Crippen LogP contribution in [0.15, 0.2) is 40.4 Å². The maximum atomic E-state index is 11.1. The Hall–Kier alpha value is -1.68. The van der Waals surface area contributed by atoms with Crippen LogP contribution in [0.5, 0.6) is 0 Å². The Morgan fingerprint density at radius 1 is 1.22 bits per heavy atom. The molecule has 27 heavy (non-hydrogen) atoms. The van der Waals surface area contributed by atoms with Crippen molar-refractivity contribution in [1.29, 1.82) is 0 Å². The maximum absolute atomic E-state index is 11.1. The number of aryl methyl sites for hydroxylation is 2. The van der Waals surface area contributed by atoms with E-state index < -0.39 is 10.0 Å². The van der Waals surface area contributed by atoms with E-state index >= 15 is 0 Å². The summed E-state index contributed by atoms with van der Waals surface area (Å²) < 4.78 is 24.8. The summed E-state index contributed by atoms with van der Waals surface area (Å²) in [5.74, 6) is 0.748. The number of hydrogen-bond donors (Lipinski definition) is 2. The molecular formula is C18H22N4O2S3. The van der Waals surface area contributed by atoms with Gasteiger partial charge in [-0.05, 0) is 43.5 Å². The van der Waals surface area contributed by atoms with E-state index in [1.54, 1.807) is 23.1 Å². The number of rotatable bonds is 6. The second kappa shape index (κ2) is 8.55. The first kappa shape index (κ1) is 20.1. The van der Waals surface area contributed by atoms with Crippen molar-refractivity contribution < 1.29 is 8.42 Å². The van der Waals surface area contributed by atoms with Gasteiger partial charge in [-0.1, -0.05) is 30.0 Å². The molecule has 1 aromatic carbocycles. The van der Waals surface area contributed by atoms with Crippen LogP contribution in [-0.2, 0) is 16.4 Å². The summed E-state index contributed by atoms with van der Waals surface area (Å²) in [5.41, 5.74) is 7.31. The fourth-order valence-electron chi connectivity index (χ4n) is 2.61. The molecule has 0 fully saturated rings. The number of nitrogens with one attached hydrogen (secondary N) is 2. The second-order valence-corrected chi connectivity index (χ2v) is 10.3. The van der Waals surface area contributed by atoms with Gasteiger partial charge >= 0.3 is 0 Å². The highest BCUT2D eigenvalue weighted by atomic mass is 32.2. The van der Waals surface area contributed by atoms with Gasteiger partial charge in [0.25, 0.3) is 0 Å². The van der Waals surface area contributed by atoms with E-state index in [1.165, 1.54) is 6.26 Å². The number of thioether (sulfide) groups is 1. The molecule has 0 radical (unpaired) electrons. The molecule has 0 aliphatic carbocycles. The number of benzene rings is 1. The Morgan fingerprint density at radius 2 is 1.96 bits per heavy atom. The summed E-state index contributed by atoms with van der Waals surface area (Å²) in [4.78, 5) is 6.94. The van der Waals surface area contributed by atoms with Gasteiger partial charge in [0.1, 0.15) is 0 Å². The van der Waals surface area contributed by atoms with Crippen molar-refractivity contribution in [1.82, 2.24) is 10.1 Å². The highest BCUT2D eigenvalue weighted by molar-refractivity contribution is 8.14. The third-order valence-corrected chi connectivity index (χ3v) is 6.76. The Kier molecular flexibility index (Phi) is 6.36. The lowest BCUT2D eigenvalue weighted by molar-refractivity contribution is 0.588. The molecule has 0 amide bonds. The van der Waals surface area contributed by atoms with Gasteiger partial charge in [-0.2, -0.15) is 5.10 Å². The Morgan fingerprint density at radius 3 is 2.59 bits per heavy atom. The van der Waals surface area contributed by atoms with Crippen LogP contribution in [0.3, 0.4) is 0 Å². The summed E-state index contributed by atoms with van der Waals surface area (Å²) in [6.45, 7) is 4.52. The molecule has 1 aliphatic heterocycles. The van der Waals surface area contributed by atoms with Crippen LogP contribution in [-0.4, -0.2) is 37.9 Å². The van der Waals surface area contributed by atoms with Crippen LogP contribution < -0.4 is 10.1 Å². The highest BCUT2D eigenvalue weighted by Crippen LogP contribution is 2.26. The Bertz CT molecular complexity index is 974. The molecule has 9 heteroatoms. The van der Waals surface area contributed by atoms with Crippen LogP contribution in [0.25, 0.3) is 0 Å². The molecule has 0 saturated heterocycles. The largest absolute Gasteiger partial charge is 0.255 e. The van der Waals surface area contributed by atoms with Gasteiger partial charge < -0.3 is 0 Å². The van der Waals surface area contributed by atoms with E-state index in [1.807, 2.05) is 18.2 Å². The molecule has 3 rings (SSSR count). The number of aliphatic imine (C=N–C) groups is 1. The minimum absolute atomic E-state index is 0.408. The zero-order valence-corrected chi connectivity index (χ0v) is 17.9. The van der Waals surface area contributed by atoms with Gasteiger partial charge in [-0.15, -0.1) is 11.3 Å². The van der Waals surface area contributed by atoms with Crippen molar-refractivity contribution in [3.63, 3.8) is 0 Å². The first-order valence-corrected chi connectivity index (χ1v) is 12.2. The predicted molar refractivity (Wildman–Crippen MR) is 116 cm³/mol. The smallest absolute Gasteiger partial charge is 0.208 e. The number of hydrogen-bond acceptors (Lipinski definition) is 6. The molecule has 144 valence electrons. The third kappa shape index (κ3) is 5.65. The molecule has 1 aromatic heterocycles. The minimum Gasteiger partial charge on any atom is -0.255 e. The molecule has 0 bridgehead atoms. The lowest BCUT2D eigenvalue weighted by Crippen LogP contribution is -2.24. The van der Waals surface area contributed by atoms with E-state index in [0.29, 0.717) is 13.0 Å². The van der Waals surface area contributed by atoms with Crippen molar-refractivity contribution in [2.75, 3.05) is 18.6 Å². The van der Waals surface area contributed by atoms with Crippen LogP contribution in [0, 0.1) is 13.8 Å². The Balaban J connectivity index is 1.65. The summed E-state index contributed by atoms with van der Waals surface area (Å²) in [7, 11) is -3.14. The van der Waals surface area contributed by atoms with Gasteiger partial charge in [0, 0.05) is 17.2 Å². The SMILES string of the molecule is Cc1cccc(C)c1N=C1NN=C(c2ccc(CCNS(C)(=O)=O)s2)CS1. The van der Waals surface area contributed by atoms with Crippen LogP contribution in [0.4, 0.5) is 5.69 Å². The number of nitrogens with zero attached hydrogens (tertiary/aromatic N) is 2. The molecule has 0 saturated carbocycles. The van der Waals surface area contributed by atoms with E-state index in [4.69, 9.17) is 4.99 Å². The normalized spacial score (nSPS) is 16.3. The van der Waals surface area contributed by atoms with Gasteiger partial charge in [0.05, 0.1) is 22.5 Å². The molecule has 0 atom stereocenters. The Labute approximate surface area is 168 Å². The molecule has 2 heterocycles. The summed E-state index contributed by atoms with van der Waals surface area (Å²) in [6, 6.07) is 10.2. The molecular weight excluding hydrogens is 400 g/mol. The zero-order valence-electron chi connectivity index (χ0n) is 15.4. The zero-order chi connectivity index (χ0) is 19.4. The van der Waals surface area contributed by atoms with Crippen molar-refractivity contribution in [3.8, 4) is 0 Å². The first-order chi connectivity index (χ1) is 12.8. The van der Waals surface area contributed by atoms with Crippen LogP contribution in [0.2, 0.25) is 0 Å². The molecule has 2 aromatic rings. The fourth-order valence-corrected chi connectivity index (χ4v) is 4.93. The van der Waals surface area contributed by atoms with Crippen molar-refractivity contribution in [3.05, 3.63) is 51.2 Å². The summed E-state index contributed by atoms with van der Waals surface area (Å²) >= 11 is 3.27. The van der Waals surface area contributed by atoms with Gasteiger partial charge in [-0.3, -0.25) is 5.43 Å². The lowest BCUT2D eigenvalue weighted by atomic mass is 10.1. The maximum Gasteiger partial charge on any atom is 0.208 e. The molecule has 1 aliphatic rings. The number of para-hydroxylation sites is 1. The van der Waals surface area contributed by atoms with Crippen LogP contribution in [0.1, 0.15) is 20.9 Å². The molecule has 2 N–H and O–H groups in total. The topological polar surface area (TPSA) is 82.9 Å². The van der Waals surface area contributed by atoms with Gasteiger partial charge in [0.15, 0.2) is 5.17 Å². The monoisotopic (exact) mass is 422 g/mol. The first-order valence-electron chi connectivity index (χ1n) is 8.46. The van der Waals surface area contributed by atoms with Crippen molar-refractivity contribution in [2.45, 2.75) is 20.3 Å². The quantitative estimate of drug-likeness (QED) is 0.749. The number of amidine groups is 1. The van der Waals surface area contributed by atoms with E-state index in [2.05, 4.69) is 41.2 Å². The third-order valence-electron chi connectivity index (χ3n) is 3.97. The number of thiophene rings is 1. The van der Waals surface area contributed by atoms with Crippen molar-refractivity contribution >= 4 is 49.7 Å². The van der Waals surface area contributed by atoms with E-state index in [9.17, 15) is 8.42 Å². The van der Waals surface area contributed by atoms with E-state index in [0.717, 1.165) is 43.2 Å². The highest BCUT2D eigenvalue weighted by Gasteiger charge is 2.16. The molecule has 0 unspecified atom stereocenters. The fraction of sp³-hybridized carbons (Fsp3) is 0.333. The molecule has 0 spiro atoms. The van der Waals surface area contributed by atoms with Gasteiger partial charge in [0.2, 0.25) is 10.0 Å². The average Bonchev–Trinajstić information content (AvgIpc) is 3.07. The van der Waals surface area contributed by atoms with Crippen molar-refractivity contribution in [2.24, 2.45) is 10.1 Å². The minimum atomic E-state index is -3.14. The standard InChI is InChI=1S/C18H22N4O2S3/c1-12-5-4-6-13(2)17(12)20-18-22-21-15(11-25-18)16-8-7-14(26-16)9-10-19-27(3,23)24/h4-8,19H,9-11H2,1-3H3,(H,20,22). The summed E-state index contributed by atoms with van der Waals surface area (Å²) in [5, 5.41) is 5.28. The van der Waals surface area contributed by atoms with E-state index in [-0.39, 0.29) is 0 Å². The lowest BCUT2D eigenvalue weighted by Gasteiger charge is -2.14. The number of hydrazone groups is 1. The molecule has 6 nitrogen and oxygen atoms in total. The average molecular weight is 423 g/mol. The second-order valence-electron chi connectivity index (χ2n) is 6.30. The summed E-state index contributed by atoms with van der Waals surface area (Å²) in [6.07, 6.45) is 1.84. The predicted octanol–water partition coefficient (Wildman–Crippen LogP) is 3.18.